The van der Waals surface area contributed by atoms with Gasteiger partial charge >= 0.3 is 0 Å². The molecule has 0 aliphatic carbocycles. The number of nitrogens with one attached hydrogen (secondary N) is 2. The van der Waals surface area contributed by atoms with E-state index in [1.807, 2.05) is 49.4 Å². The van der Waals surface area contributed by atoms with Crippen molar-refractivity contribution in [3.05, 3.63) is 60.2 Å². The van der Waals surface area contributed by atoms with Gasteiger partial charge in [-0.25, -0.2) is 0 Å². The van der Waals surface area contributed by atoms with Crippen LogP contribution in [-0.4, -0.2) is 55.5 Å². The molecule has 3 rings (SSSR count). The molecule has 1 aliphatic heterocycles. The van der Waals surface area contributed by atoms with E-state index >= 15 is 0 Å². The molecular weight excluding hydrogens is 380 g/mol. The Morgan fingerprint density at radius 1 is 0.967 bits per heavy atom. The van der Waals surface area contributed by atoms with E-state index < -0.39 is 6.10 Å². The lowest BCUT2D eigenvalue weighted by Crippen LogP contribution is -2.49. The molecule has 0 saturated carbocycles. The molecule has 7 nitrogen and oxygen atoms in total. The first kappa shape index (κ1) is 21.6. The van der Waals surface area contributed by atoms with Crippen molar-refractivity contribution in [1.29, 1.82) is 0 Å². The zero-order valence-corrected chi connectivity index (χ0v) is 17.6. The first-order chi connectivity index (χ1) is 14.5. The number of rotatable bonds is 7. The number of carbonyl (C=O) groups excluding carboxylic acids is 2. The van der Waals surface area contributed by atoms with Gasteiger partial charge < -0.3 is 9.64 Å². The summed E-state index contributed by atoms with van der Waals surface area (Å²) in [6.07, 6.45) is -0.377. The van der Waals surface area contributed by atoms with E-state index in [0.29, 0.717) is 18.7 Å². The molecule has 1 aliphatic rings. The van der Waals surface area contributed by atoms with E-state index in [2.05, 4.69) is 32.8 Å². The van der Waals surface area contributed by atoms with E-state index in [1.165, 1.54) is 5.69 Å². The molecule has 0 spiro atoms. The van der Waals surface area contributed by atoms with Crippen molar-refractivity contribution in [2.45, 2.75) is 26.4 Å². The predicted octanol–water partition coefficient (Wildman–Crippen LogP) is 2.12. The van der Waals surface area contributed by atoms with Gasteiger partial charge in [-0.15, -0.1) is 0 Å². The maximum atomic E-state index is 12.1. The zero-order valence-electron chi connectivity index (χ0n) is 17.6. The Morgan fingerprint density at radius 3 is 2.30 bits per heavy atom. The van der Waals surface area contributed by atoms with E-state index in [9.17, 15) is 9.59 Å². The van der Waals surface area contributed by atoms with Gasteiger partial charge in [0.05, 0.1) is 0 Å². The van der Waals surface area contributed by atoms with Crippen molar-refractivity contribution in [2.75, 3.05) is 37.6 Å². The van der Waals surface area contributed by atoms with Gasteiger partial charge in [0.25, 0.3) is 5.91 Å². The first-order valence-corrected chi connectivity index (χ1v) is 10.4. The maximum Gasteiger partial charge on any atom is 0.279 e. The van der Waals surface area contributed by atoms with Gasteiger partial charge in [-0.1, -0.05) is 35.9 Å². The fraction of sp³-hybridized carbons (Fsp3) is 0.391. The fourth-order valence-corrected chi connectivity index (χ4v) is 3.30. The number of benzene rings is 2. The van der Waals surface area contributed by atoms with E-state index in [1.54, 1.807) is 6.92 Å². The number of nitrogens with zero attached hydrogens (tertiary/aromatic N) is 2. The molecule has 2 amide bonds. The molecule has 2 aromatic carbocycles. The number of amides is 2. The van der Waals surface area contributed by atoms with E-state index in [4.69, 9.17) is 4.74 Å². The minimum absolute atomic E-state index is 0.212. The highest BCUT2D eigenvalue weighted by molar-refractivity contribution is 5.84. The maximum absolute atomic E-state index is 12.1. The zero-order chi connectivity index (χ0) is 21.3. The van der Waals surface area contributed by atoms with Crippen LogP contribution in [0.25, 0.3) is 0 Å². The Morgan fingerprint density at radius 2 is 1.63 bits per heavy atom. The Labute approximate surface area is 178 Å². The third kappa shape index (κ3) is 6.49. The molecular formula is C23H30N4O3. The fourth-order valence-electron chi connectivity index (χ4n) is 3.30. The third-order valence-corrected chi connectivity index (χ3v) is 5.18. The molecule has 30 heavy (non-hydrogen) atoms. The second-order valence-corrected chi connectivity index (χ2v) is 7.52. The van der Waals surface area contributed by atoms with Crippen LogP contribution in [0.2, 0.25) is 0 Å². The Bertz CT molecular complexity index is 818. The summed E-state index contributed by atoms with van der Waals surface area (Å²) in [5, 5.41) is 0. The van der Waals surface area contributed by atoms with Crippen molar-refractivity contribution in [1.82, 2.24) is 15.8 Å². The average Bonchev–Trinajstić information content (AvgIpc) is 2.78. The molecule has 1 heterocycles. The smallest absolute Gasteiger partial charge is 0.279 e. The van der Waals surface area contributed by atoms with Crippen molar-refractivity contribution >= 4 is 17.5 Å². The number of ether oxygens (including phenoxy) is 1. The highest BCUT2D eigenvalue weighted by atomic mass is 16.5. The van der Waals surface area contributed by atoms with Crippen LogP contribution in [0.5, 0.6) is 5.75 Å². The van der Waals surface area contributed by atoms with E-state index in [-0.39, 0.29) is 11.8 Å². The van der Waals surface area contributed by atoms with Crippen LogP contribution in [0.3, 0.4) is 0 Å². The van der Waals surface area contributed by atoms with E-state index in [0.717, 1.165) is 31.7 Å². The van der Waals surface area contributed by atoms with Crippen LogP contribution in [-0.2, 0) is 9.59 Å². The van der Waals surface area contributed by atoms with Crippen molar-refractivity contribution in [2.24, 2.45) is 0 Å². The molecule has 1 unspecified atom stereocenters. The van der Waals surface area contributed by atoms with Crippen LogP contribution in [0, 0.1) is 6.92 Å². The molecule has 7 heteroatoms. The van der Waals surface area contributed by atoms with Crippen LogP contribution in [0.15, 0.2) is 54.6 Å². The minimum Gasteiger partial charge on any atom is -0.481 e. The molecule has 1 atom stereocenters. The summed E-state index contributed by atoms with van der Waals surface area (Å²) in [4.78, 5) is 28.8. The van der Waals surface area contributed by atoms with Crippen LogP contribution in [0.1, 0.15) is 18.9 Å². The molecule has 1 fully saturated rings. The summed E-state index contributed by atoms with van der Waals surface area (Å²) in [7, 11) is 0. The second kappa shape index (κ2) is 10.6. The molecule has 0 radical (unpaired) electrons. The number of piperazine rings is 1. The topological polar surface area (TPSA) is 73.9 Å². The summed E-state index contributed by atoms with van der Waals surface area (Å²) < 4.78 is 5.59. The van der Waals surface area contributed by atoms with Crippen LogP contribution in [0.4, 0.5) is 5.69 Å². The predicted molar refractivity (Wildman–Crippen MR) is 117 cm³/mol. The molecule has 1 saturated heterocycles. The Kier molecular flexibility index (Phi) is 7.68. The van der Waals surface area contributed by atoms with Gasteiger partial charge in [-0.05, 0) is 38.1 Å². The highest BCUT2D eigenvalue weighted by Crippen LogP contribution is 2.15. The SMILES string of the molecule is Cc1ccc(OC(C)C(=O)NNC(=O)CCN2CCN(c3ccccc3)CC2)cc1. The van der Waals surface area contributed by atoms with Gasteiger partial charge in [0.1, 0.15) is 5.75 Å². The molecule has 0 aromatic heterocycles. The van der Waals surface area contributed by atoms with Gasteiger partial charge in [0.15, 0.2) is 6.10 Å². The lowest BCUT2D eigenvalue weighted by molar-refractivity contribution is -0.132. The Balaban J connectivity index is 1.32. The molecule has 2 N–H and O–H groups in total. The van der Waals surface area contributed by atoms with Gasteiger partial charge in [-0.2, -0.15) is 0 Å². The largest absolute Gasteiger partial charge is 0.481 e. The number of hydrogen-bond acceptors (Lipinski definition) is 5. The lowest BCUT2D eigenvalue weighted by atomic mass is 10.2. The summed E-state index contributed by atoms with van der Waals surface area (Å²) in [5.41, 5.74) is 7.27. The lowest BCUT2D eigenvalue weighted by Gasteiger charge is -2.36. The number of hydrazine groups is 1. The van der Waals surface area contributed by atoms with Gasteiger partial charge in [0.2, 0.25) is 5.91 Å². The van der Waals surface area contributed by atoms with Crippen molar-refractivity contribution in [3.63, 3.8) is 0 Å². The van der Waals surface area contributed by atoms with Crippen LogP contribution >= 0.6 is 0 Å². The monoisotopic (exact) mass is 410 g/mol. The van der Waals surface area contributed by atoms with Gasteiger partial charge in [-0.3, -0.25) is 25.3 Å². The standard InChI is InChI=1S/C23H30N4O3/c1-18-8-10-21(11-9-18)30-19(2)23(29)25-24-22(28)12-13-26-14-16-27(17-15-26)20-6-4-3-5-7-20/h3-11,19H,12-17H2,1-2H3,(H,24,28)(H,25,29). The number of carbonyl (C=O) groups is 2. The Hall–Kier alpha value is -3.06. The van der Waals surface area contributed by atoms with Crippen molar-refractivity contribution in [3.8, 4) is 5.75 Å². The number of aryl methyl sites for hydroxylation is 1. The van der Waals surface area contributed by atoms with Gasteiger partial charge in [0, 0.05) is 44.8 Å². The molecule has 160 valence electrons. The first-order valence-electron chi connectivity index (χ1n) is 10.4. The molecule has 2 aromatic rings. The summed E-state index contributed by atoms with van der Waals surface area (Å²) in [6.45, 7) is 8.00. The van der Waals surface area contributed by atoms with Crippen molar-refractivity contribution < 1.29 is 14.3 Å². The molecule has 0 bridgehead atoms. The number of hydrogen-bond donors (Lipinski definition) is 2. The second-order valence-electron chi connectivity index (χ2n) is 7.52. The number of anilines is 1. The summed E-state index contributed by atoms with van der Waals surface area (Å²) >= 11 is 0. The summed E-state index contributed by atoms with van der Waals surface area (Å²) in [6, 6.07) is 17.8. The normalized spacial score (nSPS) is 15.3. The minimum atomic E-state index is -0.709. The summed E-state index contributed by atoms with van der Waals surface area (Å²) in [5.74, 6) is 0.0148. The highest BCUT2D eigenvalue weighted by Gasteiger charge is 2.19. The van der Waals surface area contributed by atoms with Crippen LogP contribution < -0.4 is 20.5 Å². The number of para-hydroxylation sites is 1. The third-order valence-electron chi connectivity index (χ3n) is 5.18. The quantitative estimate of drug-likeness (QED) is 0.684. The average molecular weight is 411 g/mol.